The summed E-state index contributed by atoms with van der Waals surface area (Å²) in [6.45, 7) is 4.79. The Morgan fingerprint density at radius 2 is 1.89 bits per heavy atom. The largest absolute Gasteiger partial charge is 0.344 e. The van der Waals surface area contributed by atoms with Crippen molar-refractivity contribution in [1.82, 2.24) is 4.90 Å². The topological polar surface area (TPSA) is 46.3 Å². The van der Waals surface area contributed by atoms with Gasteiger partial charge in [0, 0.05) is 13.6 Å². The zero-order valence-corrected chi connectivity index (χ0v) is 12.8. The smallest absolute Gasteiger partial charge is 0.239 e. The van der Waals surface area contributed by atoms with Crippen molar-refractivity contribution in [3.05, 3.63) is 35.9 Å². The summed E-state index contributed by atoms with van der Waals surface area (Å²) in [7, 11) is 1.83. The number of halogens is 1. The summed E-state index contributed by atoms with van der Waals surface area (Å²) < 4.78 is 0. The Morgan fingerprint density at radius 1 is 1.32 bits per heavy atom. The summed E-state index contributed by atoms with van der Waals surface area (Å²) in [5.74, 6) is 0.275. The molecule has 2 unspecified atom stereocenters. The molecule has 0 saturated heterocycles. The molecule has 2 atom stereocenters. The maximum Gasteiger partial charge on any atom is 0.239 e. The molecule has 0 spiro atoms. The fourth-order valence-electron chi connectivity index (χ4n) is 1.80. The third kappa shape index (κ3) is 5.62. The zero-order valence-electron chi connectivity index (χ0n) is 12.0. The van der Waals surface area contributed by atoms with Crippen LogP contribution >= 0.6 is 12.4 Å². The standard InChI is InChI=1S/C15H24N2O.ClH/c1-4-12(2)14(16)15(18)17(3)11-10-13-8-6-5-7-9-13;/h5-9,12,14H,4,10-11,16H2,1-3H3;1H. The van der Waals surface area contributed by atoms with E-state index in [9.17, 15) is 4.79 Å². The summed E-state index contributed by atoms with van der Waals surface area (Å²) in [4.78, 5) is 13.8. The fourth-order valence-corrected chi connectivity index (χ4v) is 1.80. The van der Waals surface area contributed by atoms with Gasteiger partial charge in [-0.3, -0.25) is 4.79 Å². The van der Waals surface area contributed by atoms with Crippen molar-refractivity contribution in [3.8, 4) is 0 Å². The van der Waals surface area contributed by atoms with Crippen LogP contribution in [0.1, 0.15) is 25.8 Å². The van der Waals surface area contributed by atoms with Gasteiger partial charge in [0.05, 0.1) is 6.04 Å². The van der Waals surface area contributed by atoms with Gasteiger partial charge in [0.1, 0.15) is 0 Å². The monoisotopic (exact) mass is 284 g/mol. The van der Waals surface area contributed by atoms with Gasteiger partial charge in [-0.25, -0.2) is 0 Å². The van der Waals surface area contributed by atoms with Crippen LogP contribution in [-0.4, -0.2) is 30.4 Å². The van der Waals surface area contributed by atoms with E-state index in [2.05, 4.69) is 19.1 Å². The zero-order chi connectivity index (χ0) is 13.5. The quantitative estimate of drug-likeness (QED) is 0.872. The number of hydrogen-bond donors (Lipinski definition) is 1. The van der Waals surface area contributed by atoms with Crippen LogP contribution in [0.15, 0.2) is 30.3 Å². The number of amides is 1. The molecule has 0 aliphatic heterocycles. The number of benzene rings is 1. The van der Waals surface area contributed by atoms with Crippen LogP contribution in [0.3, 0.4) is 0 Å². The molecular weight excluding hydrogens is 260 g/mol. The van der Waals surface area contributed by atoms with Crippen LogP contribution in [-0.2, 0) is 11.2 Å². The van der Waals surface area contributed by atoms with Crippen molar-refractivity contribution in [2.75, 3.05) is 13.6 Å². The Labute approximate surface area is 122 Å². The van der Waals surface area contributed by atoms with Crippen LogP contribution in [0.5, 0.6) is 0 Å². The summed E-state index contributed by atoms with van der Waals surface area (Å²) in [5.41, 5.74) is 7.19. The lowest BCUT2D eigenvalue weighted by Crippen LogP contribution is -2.46. The van der Waals surface area contributed by atoms with Crippen molar-refractivity contribution >= 4 is 18.3 Å². The molecule has 0 bridgehead atoms. The van der Waals surface area contributed by atoms with Crippen LogP contribution in [0.2, 0.25) is 0 Å². The maximum atomic E-state index is 12.1. The number of nitrogens with zero attached hydrogens (tertiary/aromatic N) is 1. The van der Waals surface area contributed by atoms with Crippen LogP contribution in [0.4, 0.5) is 0 Å². The third-order valence-corrected chi connectivity index (χ3v) is 3.50. The fraction of sp³-hybridized carbons (Fsp3) is 0.533. The van der Waals surface area contributed by atoms with Gasteiger partial charge in [-0.2, -0.15) is 0 Å². The van der Waals surface area contributed by atoms with E-state index in [4.69, 9.17) is 5.73 Å². The highest BCUT2D eigenvalue weighted by molar-refractivity contribution is 5.85. The van der Waals surface area contributed by atoms with Crippen molar-refractivity contribution in [1.29, 1.82) is 0 Å². The number of hydrogen-bond acceptors (Lipinski definition) is 2. The minimum atomic E-state index is -0.379. The molecule has 3 nitrogen and oxygen atoms in total. The second-order valence-corrected chi connectivity index (χ2v) is 4.91. The highest BCUT2D eigenvalue weighted by atomic mass is 35.5. The van der Waals surface area contributed by atoms with Gasteiger partial charge in [0.25, 0.3) is 0 Å². The highest BCUT2D eigenvalue weighted by Crippen LogP contribution is 2.08. The molecule has 0 aliphatic carbocycles. The van der Waals surface area contributed by atoms with E-state index in [1.807, 2.05) is 32.2 Å². The summed E-state index contributed by atoms with van der Waals surface area (Å²) >= 11 is 0. The minimum absolute atomic E-state index is 0. The summed E-state index contributed by atoms with van der Waals surface area (Å²) in [5, 5.41) is 0. The molecule has 108 valence electrons. The van der Waals surface area contributed by atoms with Gasteiger partial charge in [0.2, 0.25) is 5.91 Å². The molecule has 19 heavy (non-hydrogen) atoms. The Hall–Kier alpha value is -1.06. The summed E-state index contributed by atoms with van der Waals surface area (Å²) in [6, 6.07) is 9.80. The molecule has 0 fully saturated rings. The van der Waals surface area contributed by atoms with E-state index in [1.54, 1.807) is 4.90 Å². The lowest BCUT2D eigenvalue weighted by atomic mass is 9.99. The molecule has 0 heterocycles. The first-order valence-electron chi connectivity index (χ1n) is 6.60. The molecule has 1 aromatic carbocycles. The van der Waals surface area contributed by atoms with Crippen molar-refractivity contribution < 1.29 is 4.79 Å². The van der Waals surface area contributed by atoms with Gasteiger partial charge in [0.15, 0.2) is 0 Å². The number of rotatable bonds is 6. The predicted octanol–water partition coefficient (Wildman–Crippen LogP) is 2.48. The Balaban J connectivity index is 0.00000324. The Bertz CT molecular complexity index is 370. The van der Waals surface area contributed by atoms with Crippen molar-refractivity contribution in [2.24, 2.45) is 11.7 Å². The SMILES string of the molecule is CCC(C)C(N)C(=O)N(C)CCc1ccccc1.Cl. The molecule has 2 N–H and O–H groups in total. The molecular formula is C15H25ClN2O. The van der Waals surface area contributed by atoms with E-state index in [-0.39, 0.29) is 30.3 Å². The maximum absolute atomic E-state index is 12.1. The molecule has 0 radical (unpaired) electrons. The van der Waals surface area contributed by atoms with E-state index >= 15 is 0 Å². The average Bonchev–Trinajstić information content (AvgIpc) is 2.43. The van der Waals surface area contributed by atoms with Crippen LogP contribution in [0.25, 0.3) is 0 Å². The van der Waals surface area contributed by atoms with E-state index in [0.29, 0.717) is 6.54 Å². The number of nitrogens with two attached hydrogens (primary N) is 1. The molecule has 4 heteroatoms. The third-order valence-electron chi connectivity index (χ3n) is 3.50. The van der Waals surface area contributed by atoms with Crippen LogP contribution < -0.4 is 5.73 Å². The Morgan fingerprint density at radius 3 is 2.42 bits per heavy atom. The molecule has 0 saturated carbocycles. The van der Waals surface area contributed by atoms with Gasteiger partial charge in [-0.15, -0.1) is 12.4 Å². The molecule has 0 aliphatic rings. The van der Waals surface area contributed by atoms with Crippen molar-refractivity contribution in [3.63, 3.8) is 0 Å². The van der Waals surface area contributed by atoms with Crippen LogP contribution in [0, 0.1) is 5.92 Å². The molecule has 0 aromatic heterocycles. The van der Waals surface area contributed by atoms with E-state index < -0.39 is 0 Å². The van der Waals surface area contributed by atoms with E-state index in [1.165, 1.54) is 5.56 Å². The van der Waals surface area contributed by atoms with Crippen molar-refractivity contribution in [2.45, 2.75) is 32.7 Å². The normalized spacial score (nSPS) is 13.3. The molecule has 1 aromatic rings. The van der Waals surface area contributed by atoms with Gasteiger partial charge in [-0.05, 0) is 17.9 Å². The Kier molecular flexibility index (Phi) is 8.44. The second-order valence-electron chi connectivity index (χ2n) is 4.91. The first-order chi connectivity index (χ1) is 8.56. The summed E-state index contributed by atoms with van der Waals surface area (Å²) in [6.07, 6.45) is 1.80. The lowest BCUT2D eigenvalue weighted by Gasteiger charge is -2.24. The highest BCUT2D eigenvalue weighted by Gasteiger charge is 2.22. The number of likely N-dealkylation sites (N-methyl/N-ethyl adjacent to an activating group) is 1. The number of carbonyl (C=O) groups excluding carboxylic acids is 1. The second kappa shape index (κ2) is 8.94. The van der Waals surface area contributed by atoms with Gasteiger partial charge < -0.3 is 10.6 Å². The first kappa shape index (κ1) is 17.9. The number of carbonyl (C=O) groups is 1. The first-order valence-corrected chi connectivity index (χ1v) is 6.60. The van der Waals surface area contributed by atoms with E-state index in [0.717, 1.165) is 12.8 Å². The molecule has 1 amide bonds. The predicted molar refractivity (Wildman–Crippen MR) is 82.5 cm³/mol. The van der Waals surface area contributed by atoms with Gasteiger partial charge in [-0.1, -0.05) is 50.6 Å². The van der Waals surface area contributed by atoms with Gasteiger partial charge >= 0.3 is 0 Å². The lowest BCUT2D eigenvalue weighted by molar-refractivity contribution is -0.132. The minimum Gasteiger partial charge on any atom is -0.344 e. The molecule has 1 rings (SSSR count). The average molecular weight is 285 g/mol.